The molecule has 5 heteroatoms. The summed E-state index contributed by atoms with van der Waals surface area (Å²) in [6.45, 7) is 0. The Morgan fingerprint density at radius 1 is 0.354 bits per heavy atom. The molecule has 0 aliphatic rings. The van der Waals surface area contributed by atoms with E-state index < -0.39 is 0 Å². The number of furan rings is 2. The van der Waals surface area contributed by atoms with Crippen LogP contribution in [0.4, 0.5) is 0 Å². The molecule has 3 aromatic heterocycles. The summed E-state index contributed by atoms with van der Waals surface area (Å²) in [4.78, 5) is 14.9. The van der Waals surface area contributed by atoms with Gasteiger partial charge in [0.1, 0.15) is 22.3 Å². The molecule has 10 rings (SSSR count). The molecule has 0 aliphatic carbocycles. The van der Waals surface area contributed by atoms with Gasteiger partial charge in [-0.2, -0.15) is 0 Å². The van der Waals surface area contributed by atoms with Gasteiger partial charge >= 0.3 is 0 Å². The largest absolute Gasteiger partial charge is 0.456 e. The molecule has 224 valence electrons. The van der Waals surface area contributed by atoms with Crippen molar-refractivity contribution < 1.29 is 8.83 Å². The summed E-state index contributed by atoms with van der Waals surface area (Å²) >= 11 is 0. The second-order valence-corrected chi connectivity index (χ2v) is 12.0. The van der Waals surface area contributed by atoms with Gasteiger partial charge in [0, 0.05) is 32.7 Å². The quantitative estimate of drug-likeness (QED) is 0.197. The zero-order valence-corrected chi connectivity index (χ0v) is 25.6. The topological polar surface area (TPSA) is 65.0 Å². The Bertz CT molecular complexity index is 2830. The molecule has 7 aromatic carbocycles. The van der Waals surface area contributed by atoms with Crippen LogP contribution in [-0.2, 0) is 0 Å². The van der Waals surface area contributed by atoms with Crippen LogP contribution in [0.15, 0.2) is 160 Å². The standard InChI is InChI=1S/C43H25N3O2/c1-2-10-28(11-3-1)41-44-42(46-43(45-41)34-15-8-14-33-32-13-6-7-16-36(32)48-40(33)34)29-19-17-26(18-20-29)30-22-23-37-35(25-30)39-31-12-5-4-9-27(31)21-24-38(39)47-37/h1-25H. The van der Waals surface area contributed by atoms with Crippen LogP contribution in [0.3, 0.4) is 0 Å². The van der Waals surface area contributed by atoms with Crippen molar-refractivity contribution in [3.05, 3.63) is 152 Å². The van der Waals surface area contributed by atoms with E-state index in [4.69, 9.17) is 23.8 Å². The summed E-state index contributed by atoms with van der Waals surface area (Å²) in [5.41, 5.74) is 8.24. The molecule has 0 saturated carbocycles. The molecule has 0 unspecified atom stereocenters. The minimum Gasteiger partial charge on any atom is -0.456 e. The van der Waals surface area contributed by atoms with Crippen molar-refractivity contribution >= 4 is 54.6 Å². The molecule has 3 heterocycles. The maximum absolute atomic E-state index is 6.36. The van der Waals surface area contributed by atoms with Gasteiger partial charge in [0.05, 0.1) is 5.56 Å². The minimum atomic E-state index is 0.567. The molecule has 5 nitrogen and oxygen atoms in total. The van der Waals surface area contributed by atoms with Gasteiger partial charge in [-0.05, 0) is 52.2 Å². The molecule has 10 aromatic rings. The number of para-hydroxylation sites is 2. The Balaban J connectivity index is 1.10. The van der Waals surface area contributed by atoms with Crippen molar-refractivity contribution in [2.75, 3.05) is 0 Å². The first-order valence-corrected chi connectivity index (χ1v) is 15.9. The third-order valence-electron chi connectivity index (χ3n) is 9.15. The highest BCUT2D eigenvalue weighted by Crippen LogP contribution is 2.38. The van der Waals surface area contributed by atoms with Gasteiger partial charge in [0.15, 0.2) is 17.5 Å². The van der Waals surface area contributed by atoms with E-state index in [0.29, 0.717) is 17.5 Å². The van der Waals surface area contributed by atoms with Gasteiger partial charge in [-0.15, -0.1) is 0 Å². The van der Waals surface area contributed by atoms with Crippen molar-refractivity contribution in [2.45, 2.75) is 0 Å². The Morgan fingerprint density at radius 3 is 1.83 bits per heavy atom. The van der Waals surface area contributed by atoms with Crippen LogP contribution in [0, 0.1) is 0 Å². The predicted octanol–water partition coefficient (Wildman–Crippen LogP) is 11.5. The van der Waals surface area contributed by atoms with Crippen molar-refractivity contribution in [3.63, 3.8) is 0 Å². The van der Waals surface area contributed by atoms with E-state index in [9.17, 15) is 0 Å². The first kappa shape index (κ1) is 26.6. The van der Waals surface area contributed by atoms with Gasteiger partial charge < -0.3 is 8.83 Å². The Labute approximate surface area is 274 Å². The van der Waals surface area contributed by atoms with E-state index in [1.54, 1.807) is 0 Å². The fourth-order valence-corrected chi connectivity index (χ4v) is 6.80. The number of aromatic nitrogens is 3. The van der Waals surface area contributed by atoms with Crippen molar-refractivity contribution in [1.29, 1.82) is 0 Å². The first-order chi connectivity index (χ1) is 23.8. The molecule has 0 aliphatic heterocycles. The SMILES string of the molecule is c1ccc(-c2nc(-c3ccc(-c4ccc5oc6ccc7ccccc7c6c5c4)cc3)nc(-c3cccc4c3oc3ccccc34)n2)cc1. The molecule has 0 N–H and O–H groups in total. The van der Waals surface area contributed by atoms with Gasteiger partial charge in [-0.3, -0.25) is 0 Å². The molecule has 48 heavy (non-hydrogen) atoms. The first-order valence-electron chi connectivity index (χ1n) is 15.9. The van der Waals surface area contributed by atoms with Crippen molar-refractivity contribution in [3.8, 4) is 45.3 Å². The number of rotatable bonds is 4. The highest BCUT2D eigenvalue weighted by Gasteiger charge is 2.18. The Hall–Kier alpha value is -6.59. The summed E-state index contributed by atoms with van der Waals surface area (Å²) in [6, 6.07) is 51.7. The highest BCUT2D eigenvalue weighted by molar-refractivity contribution is 6.19. The fraction of sp³-hybridized carbons (Fsp3) is 0. The van der Waals surface area contributed by atoms with Gasteiger partial charge in [-0.1, -0.05) is 121 Å². The third-order valence-corrected chi connectivity index (χ3v) is 9.15. The average Bonchev–Trinajstić information content (AvgIpc) is 3.73. The molecule has 0 spiro atoms. The molecule has 0 atom stereocenters. The van der Waals surface area contributed by atoms with Crippen LogP contribution in [-0.4, -0.2) is 15.0 Å². The maximum Gasteiger partial charge on any atom is 0.167 e. The summed E-state index contributed by atoms with van der Waals surface area (Å²) in [6.07, 6.45) is 0. The lowest BCUT2D eigenvalue weighted by atomic mass is 9.99. The van der Waals surface area contributed by atoms with E-state index >= 15 is 0 Å². The van der Waals surface area contributed by atoms with E-state index in [0.717, 1.165) is 71.7 Å². The summed E-state index contributed by atoms with van der Waals surface area (Å²) in [5.74, 6) is 1.77. The monoisotopic (exact) mass is 615 g/mol. The molecule has 0 saturated heterocycles. The van der Waals surface area contributed by atoms with Crippen molar-refractivity contribution in [1.82, 2.24) is 15.0 Å². The Morgan fingerprint density at radius 2 is 0.979 bits per heavy atom. The van der Waals surface area contributed by atoms with Crippen molar-refractivity contribution in [2.24, 2.45) is 0 Å². The van der Waals surface area contributed by atoms with Crippen LogP contribution >= 0.6 is 0 Å². The van der Waals surface area contributed by atoms with E-state index in [2.05, 4.69) is 91.0 Å². The summed E-state index contributed by atoms with van der Waals surface area (Å²) in [5, 5.41) is 6.75. The third kappa shape index (κ3) is 4.22. The fourth-order valence-electron chi connectivity index (χ4n) is 6.80. The molecular weight excluding hydrogens is 590 g/mol. The lowest BCUT2D eigenvalue weighted by molar-refractivity contribution is 0.669. The molecule has 0 fully saturated rings. The van der Waals surface area contributed by atoms with Gasteiger partial charge in [-0.25, -0.2) is 15.0 Å². The molecule has 0 radical (unpaired) electrons. The number of nitrogens with zero attached hydrogens (tertiary/aromatic N) is 3. The van der Waals surface area contributed by atoms with E-state index in [1.807, 2.05) is 60.7 Å². The lowest BCUT2D eigenvalue weighted by Crippen LogP contribution is -2.00. The zero-order chi connectivity index (χ0) is 31.6. The smallest absolute Gasteiger partial charge is 0.167 e. The van der Waals surface area contributed by atoms with Crippen LogP contribution in [0.2, 0.25) is 0 Å². The number of hydrogen-bond donors (Lipinski definition) is 0. The number of benzene rings is 7. The van der Waals surface area contributed by atoms with Crippen LogP contribution in [0.1, 0.15) is 0 Å². The van der Waals surface area contributed by atoms with Gasteiger partial charge in [0.25, 0.3) is 0 Å². The highest BCUT2D eigenvalue weighted by atomic mass is 16.3. The molecular formula is C43H25N3O2. The summed E-state index contributed by atoms with van der Waals surface area (Å²) < 4.78 is 12.6. The normalized spacial score (nSPS) is 11.8. The zero-order valence-electron chi connectivity index (χ0n) is 25.6. The van der Waals surface area contributed by atoms with E-state index in [1.165, 1.54) is 10.8 Å². The number of hydrogen-bond acceptors (Lipinski definition) is 5. The molecule has 0 bridgehead atoms. The van der Waals surface area contributed by atoms with E-state index in [-0.39, 0.29) is 0 Å². The maximum atomic E-state index is 6.36. The van der Waals surface area contributed by atoms with Crippen LogP contribution in [0.5, 0.6) is 0 Å². The second-order valence-electron chi connectivity index (χ2n) is 12.0. The Kier molecular flexibility index (Phi) is 5.81. The minimum absolute atomic E-state index is 0.567. The number of fused-ring (bicyclic) bond motifs is 8. The van der Waals surface area contributed by atoms with Gasteiger partial charge in [0.2, 0.25) is 0 Å². The second kappa shape index (κ2) is 10.5. The van der Waals surface area contributed by atoms with Crippen LogP contribution < -0.4 is 0 Å². The summed E-state index contributed by atoms with van der Waals surface area (Å²) in [7, 11) is 0. The lowest BCUT2D eigenvalue weighted by Gasteiger charge is -2.09. The van der Waals surface area contributed by atoms with Crippen LogP contribution in [0.25, 0.3) is 99.9 Å². The predicted molar refractivity (Wildman–Crippen MR) is 194 cm³/mol. The molecule has 0 amide bonds. The average molecular weight is 616 g/mol.